The number of carbonyl (C=O) groups is 1. The number of halogens is 1. The Morgan fingerprint density at radius 3 is 2.69 bits per heavy atom. The summed E-state index contributed by atoms with van der Waals surface area (Å²) in [5.74, 6) is -0.156. The maximum Gasteiger partial charge on any atom is 0.223 e. The van der Waals surface area contributed by atoms with Crippen LogP contribution >= 0.6 is 11.6 Å². The van der Waals surface area contributed by atoms with Crippen LogP contribution in [0.2, 0.25) is 5.15 Å². The fraction of sp³-hybridized carbons (Fsp3) is 0.444. The lowest BCUT2D eigenvalue weighted by Gasteiger charge is -2.22. The Morgan fingerprint density at radius 1 is 1.35 bits per heavy atom. The van der Waals surface area contributed by atoms with E-state index in [4.69, 9.17) is 23.1 Å². The molecular formula is C18H23ClN6O. The van der Waals surface area contributed by atoms with E-state index in [0.717, 1.165) is 16.8 Å². The number of hydrogen-bond donors (Lipinski definition) is 2. The van der Waals surface area contributed by atoms with Gasteiger partial charge in [-0.1, -0.05) is 18.5 Å². The topological polar surface area (TPSA) is 111 Å². The van der Waals surface area contributed by atoms with Gasteiger partial charge in [0.25, 0.3) is 0 Å². The van der Waals surface area contributed by atoms with Gasteiger partial charge in [-0.2, -0.15) is 4.98 Å². The Balaban J connectivity index is 2.03. The van der Waals surface area contributed by atoms with E-state index in [1.807, 2.05) is 13.1 Å². The van der Waals surface area contributed by atoms with E-state index in [0.29, 0.717) is 18.9 Å². The first-order valence-corrected chi connectivity index (χ1v) is 8.87. The van der Waals surface area contributed by atoms with Crippen molar-refractivity contribution < 1.29 is 4.79 Å². The standard InChI is InChI=1S/C18H23ClN6O/c1-8-9(2)12(5-22-11(8)4)6-25-7-13(10(3)16(20)26)14-15(19)23-18(21)24-17(14)25/h5,10,13H,6-7H2,1-4H3,(H2,20,26)(H2,21,23,24)/t10?,13-/m1/s1. The van der Waals surface area contributed by atoms with E-state index in [9.17, 15) is 4.79 Å². The van der Waals surface area contributed by atoms with Crippen molar-refractivity contribution in [3.8, 4) is 0 Å². The number of nitrogen functional groups attached to an aromatic ring is 1. The van der Waals surface area contributed by atoms with E-state index < -0.39 is 0 Å². The van der Waals surface area contributed by atoms with Crippen LogP contribution in [0.25, 0.3) is 0 Å². The molecule has 0 saturated heterocycles. The number of rotatable bonds is 4. The van der Waals surface area contributed by atoms with Gasteiger partial charge in [0.15, 0.2) is 0 Å². The van der Waals surface area contributed by atoms with Crippen LogP contribution in [-0.2, 0) is 11.3 Å². The first kappa shape index (κ1) is 18.4. The Labute approximate surface area is 157 Å². The highest BCUT2D eigenvalue weighted by atomic mass is 35.5. The molecule has 1 aliphatic heterocycles. The normalized spacial score (nSPS) is 17.3. The first-order valence-electron chi connectivity index (χ1n) is 8.49. The van der Waals surface area contributed by atoms with Crippen LogP contribution in [0.5, 0.6) is 0 Å². The van der Waals surface area contributed by atoms with Crippen molar-refractivity contribution >= 4 is 29.3 Å². The third-order valence-corrected chi connectivity index (χ3v) is 5.69. The summed E-state index contributed by atoms with van der Waals surface area (Å²) in [5.41, 5.74) is 16.6. The summed E-state index contributed by atoms with van der Waals surface area (Å²) in [6.45, 7) is 9.12. The molecule has 7 nitrogen and oxygen atoms in total. The van der Waals surface area contributed by atoms with Crippen molar-refractivity contribution in [2.24, 2.45) is 11.7 Å². The van der Waals surface area contributed by atoms with Gasteiger partial charge in [-0.15, -0.1) is 0 Å². The molecule has 1 unspecified atom stereocenters. The minimum atomic E-state index is -0.387. The zero-order chi connectivity index (χ0) is 19.2. The SMILES string of the molecule is Cc1ncc(CN2C[C@H](C(C)C(N)=O)c3c(Cl)nc(N)nc32)c(C)c1C. The Bertz CT molecular complexity index is 884. The maximum absolute atomic E-state index is 11.8. The summed E-state index contributed by atoms with van der Waals surface area (Å²) in [7, 11) is 0. The average molecular weight is 375 g/mol. The molecule has 0 fully saturated rings. The Morgan fingerprint density at radius 2 is 2.04 bits per heavy atom. The number of carbonyl (C=O) groups excluding carboxylic acids is 1. The zero-order valence-corrected chi connectivity index (χ0v) is 16.1. The number of aromatic nitrogens is 3. The van der Waals surface area contributed by atoms with Crippen molar-refractivity contribution in [3.05, 3.63) is 39.3 Å². The summed E-state index contributed by atoms with van der Waals surface area (Å²) < 4.78 is 0. The molecule has 1 aliphatic rings. The minimum absolute atomic E-state index is 0.112. The molecule has 26 heavy (non-hydrogen) atoms. The molecule has 138 valence electrons. The van der Waals surface area contributed by atoms with Gasteiger partial charge in [-0.25, -0.2) is 4.98 Å². The number of amides is 1. The van der Waals surface area contributed by atoms with Crippen LogP contribution in [0.4, 0.5) is 11.8 Å². The van der Waals surface area contributed by atoms with Gasteiger partial charge in [0.2, 0.25) is 11.9 Å². The van der Waals surface area contributed by atoms with Crippen LogP contribution in [-0.4, -0.2) is 27.4 Å². The predicted molar refractivity (Wildman–Crippen MR) is 102 cm³/mol. The number of nitrogens with two attached hydrogens (primary N) is 2. The minimum Gasteiger partial charge on any atom is -0.369 e. The highest BCUT2D eigenvalue weighted by Crippen LogP contribution is 2.43. The highest BCUT2D eigenvalue weighted by molar-refractivity contribution is 6.30. The van der Waals surface area contributed by atoms with Crippen LogP contribution in [0.1, 0.15) is 40.8 Å². The molecule has 0 aliphatic carbocycles. The van der Waals surface area contributed by atoms with Gasteiger partial charge in [0.1, 0.15) is 11.0 Å². The quantitative estimate of drug-likeness (QED) is 0.794. The molecule has 0 bridgehead atoms. The number of nitrogens with zero attached hydrogens (tertiary/aromatic N) is 4. The highest BCUT2D eigenvalue weighted by Gasteiger charge is 2.38. The molecule has 4 N–H and O–H groups in total. The molecule has 3 heterocycles. The largest absolute Gasteiger partial charge is 0.369 e. The summed E-state index contributed by atoms with van der Waals surface area (Å²) in [4.78, 5) is 26.8. The maximum atomic E-state index is 11.8. The molecule has 0 aromatic carbocycles. The van der Waals surface area contributed by atoms with Crippen LogP contribution < -0.4 is 16.4 Å². The summed E-state index contributed by atoms with van der Waals surface area (Å²) in [6.07, 6.45) is 1.88. The molecule has 0 spiro atoms. The van der Waals surface area contributed by atoms with Crippen molar-refractivity contribution in [1.82, 2.24) is 15.0 Å². The molecule has 1 amide bonds. The van der Waals surface area contributed by atoms with Gasteiger partial charge in [0.05, 0.1) is 0 Å². The van der Waals surface area contributed by atoms with E-state index in [2.05, 4.69) is 33.7 Å². The second-order valence-corrected chi connectivity index (χ2v) is 7.26. The van der Waals surface area contributed by atoms with Crippen molar-refractivity contribution in [2.45, 2.75) is 40.2 Å². The van der Waals surface area contributed by atoms with Gasteiger partial charge in [-0.3, -0.25) is 9.78 Å². The Hall–Kier alpha value is -2.41. The van der Waals surface area contributed by atoms with Gasteiger partial charge >= 0.3 is 0 Å². The van der Waals surface area contributed by atoms with Crippen molar-refractivity contribution in [1.29, 1.82) is 0 Å². The molecule has 8 heteroatoms. The number of primary amides is 1. The predicted octanol–water partition coefficient (Wildman–Crippen LogP) is 2.26. The van der Waals surface area contributed by atoms with E-state index >= 15 is 0 Å². The summed E-state index contributed by atoms with van der Waals surface area (Å²) in [5, 5.41) is 0.281. The first-order chi connectivity index (χ1) is 12.2. The van der Waals surface area contributed by atoms with Gasteiger partial charge < -0.3 is 16.4 Å². The number of pyridine rings is 1. The summed E-state index contributed by atoms with van der Waals surface area (Å²) >= 11 is 6.34. The fourth-order valence-electron chi connectivity index (χ4n) is 3.41. The molecule has 2 aromatic heterocycles. The van der Waals surface area contributed by atoms with Crippen molar-refractivity contribution in [2.75, 3.05) is 17.2 Å². The number of fused-ring (bicyclic) bond motifs is 1. The lowest BCUT2D eigenvalue weighted by Crippen LogP contribution is -2.30. The molecule has 2 atom stereocenters. The van der Waals surface area contributed by atoms with Crippen molar-refractivity contribution in [3.63, 3.8) is 0 Å². The van der Waals surface area contributed by atoms with Gasteiger partial charge in [0, 0.05) is 42.4 Å². The smallest absolute Gasteiger partial charge is 0.223 e. The molecule has 2 aromatic rings. The fourth-order valence-corrected chi connectivity index (χ4v) is 3.72. The second-order valence-electron chi connectivity index (χ2n) is 6.91. The third kappa shape index (κ3) is 3.07. The molecular weight excluding hydrogens is 352 g/mol. The number of aryl methyl sites for hydroxylation is 1. The third-order valence-electron chi connectivity index (χ3n) is 5.40. The average Bonchev–Trinajstić information content (AvgIpc) is 2.93. The van der Waals surface area contributed by atoms with Gasteiger partial charge in [-0.05, 0) is 37.5 Å². The van der Waals surface area contributed by atoms with E-state index in [1.54, 1.807) is 6.92 Å². The van der Waals surface area contributed by atoms with E-state index in [1.165, 1.54) is 11.1 Å². The van der Waals surface area contributed by atoms with Crippen LogP contribution in [0.15, 0.2) is 6.20 Å². The van der Waals surface area contributed by atoms with Crippen LogP contribution in [0.3, 0.4) is 0 Å². The molecule has 0 radical (unpaired) electrons. The zero-order valence-electron chi connectivity index (χ0n) is 15.4. The number of hydrogen-bond acceptors (Lipinski definition) is 6. The monoisotopic (exact) mass is 374 g/mol. The molecule has 0 saturated carbocycles. The lowest BCUT2D eigenvalue weighted by molar-refractivity contribution is -0.121. The van der Waals surface area contributed by atoms with E-state index in [-0.39, 0.29) is 28.8 Å². The second kappa shape index (κ2) is 6.72. The molecule has 3 rings (SSSR count). The Kier molecular flexibility index (Phi) is 4.75. The van der Waals surface area contributed by atoms with Crippen LogP contribution in [0, 0.1) is 26.7 Å². The lowest BCUT2D eigenvalue weighted by atomic mass is 9.90. The summed E-state index contributed by atoms with van der Waals surface area (Å²) in [6, 6.07) is 0. The number of anilines is 2.